The summed E-state index contributed by atoms with van der Waals surface area (Å²) in [5, 5.41) is 8.43. The van der Waals surface area contributed by atoms with Gasteiger partial charge >= 0.3 is 0 Å². The van der Waals surface area contributed by atoms with Crippen molar-refractivity contribution in [1.29, 1.82) is 0 Å². The number of anilines is 1. The second kappa shape index (κ2) is 10.1. The lowest BCUT2D eigenvalue weighted by molar-refractivity contribution is 0.0941. The lowest BCUT2D eigenvalue weighted by atomic mass is 10.1. The van der Waals surface area contributed by atoms with Crippen LogP contribution in [0.1, 0.15) is 32.0 Å². The number of halogens is 1. The van der Waals surface area contributed by atoms with Crippen LogP contribution < -0.4 is 16.0 Å². The first-order chi connectivity index (χ1) is 14.6. The van der Waals surface area contributed by atoms with E-state index in [1.165, 1.54) is 25.2 Å². The van der Waals surface area contributed by atoms with E-state index in [0.29, 0.717) is 25.1 Å². The number of aromatic nitrogens is 2. The molecule has 7 nitrogen and oxygen atoms in total. The molecule has 0 aliphatic heterocycles. The van der Waals surface area contributed by atoms with E-state index >= 15 is 0 Å². The zero-order chi connectivity index (χ0) is 21.3. The smallest absolute Gasteiger partial charge is 0.269 e. The van der Waals surface area contributed by atoms with Crippen molar-refractivity contribution in [3.8, 4) is 0 Å². The minimum atomic E-state index is -0.356. The van der Waals surface area contributed by atoms with E-state index in [-0.39, 0.29) is 29.1 Å². The molecular weight excluding hydrogens is 385 g/mol. The summed E-state index contributed by atoms with van der Waals surface area (Å²) in [6.45, 7) is 0.725. The average molecular weight is 407 g/mol. The molecule has 0 bridgehead atoms. The van der Waals surface area contributed by atoms with E-state index in [9.17, 15) is 14.0 Å². The molecule has 0 aliphatic carbocycles. The van der Waals surface area contributed by atoms with Gasteiger partial charge in [-0.2, -0.15) is 0 Å². The molecule has 154 valence electrons. The Hall–Kier alpha value is -3.81. The van der Waals surface area contributed by atoms with E-state index in [0.717, 1.165) is 11.1 Å². The van der Waals surface area contributed by atoms with Crippen molar-refractivity contribution >= 4 is 17.6 Å². The minimum Gasteiger partial charge on any atom is -0.369 e. The molecule has 0 fully saturated rings. The normalized spacial score (nSPS) is 10.3. The Bertz CT molecular complexity index is 1030. The Morgan fingerprint density at radius 1 is 1.03 bits per heavy atom. The van der Waals surface area contributed by atoms with E-state index in [1.807, 2.05) is 12.1 Å². The van der Waals surface area contributed by atoms with E-state index in [4.69, 9.17) is 0 Å². The van der Waals surface area contributed by atoms with Gasteiger partial charge in [0.15, 0.2) is 0 Å². The van der Waals surface area contributed by atoms with Crippen LogP contribution >= 0.6 is 0 Å². The van der Waals surface area contributed by atoms with E-state index in [1.54, 1.807) is 30.6 Å². The Labute approximate surface area is 173 Å². The third kappa shape index (κ3) is 5.60. The van der Waals surface area contributed by atoms with Gasteiger partial charge in [-0.25, -0.2) is 9.37 Å². The average Bonchev–Trinajstić information content (AvgIpc) is 2.77. The SMILES string of the molecule is CNC(=O)c1ccc(C(=O)NCc2cccnc2)c(NCCc2cccc(F)c2)n1. The molecule has 0 saturated heterocycles. The second-order valence-corrected chi connectivity index (χ2v) is 6.52. The van der Waals surface area contributed by atoms with Gasteiger partial charge < -0.3 is 16.0 Å². The number of pyridine rings is 2. The zero-order valence-electron chi connectivity index (χ0n) is 16.5. The van der Waals surface area contributed by atoms with Crippen LogP contribution in [0, 0.1) is 5.82 Å². The highest BCUT2D eigenvalue weighted by Gasteiger charge is 2.16. The molecule has 0 spiro atoms. The number of hydrogen-bond donors (Lipinski definition) is 3. The number of amides is 2. The van der Waals surface area contributed by atoms with Crippen LogP contribution in [0.25, 0.3) is 0 Å². The van der Waals surface area contributed by atoms with Crippen molar-refractivity contribution in [3.05, 3.63) is 89.1 Å². The van der Waals surface area contributed by atoms with Gasteiger partial charge in [-0.05, 0) is 47.9 Å². The molecule has 0 unspecified atom stereocenters. The molecule has 8 heteroatoms. The Morgan fingerprint density at radius 3 is 2.60 bits per heavy atom. The third-order valence-electron chi connectivity index (χ3n) is 4.37. The fraction of sp³-hybridized carbons (Fsp3) is 0.182. The standard InChI is InChI=1S/C22H22FN5O2/c1-24-22(30)19-8-7-18(21(29)27-14-16-5-3-10-25-13-16)20(28-19)26-11-9-15-4-2-6-17(23)12-15/h2-8,10,12-13H,9,11,14H2,1H3,(H,24,30)(H,26,28)(H,27,29). The van der Waals surface area contributed by atoms with Crippen LogP contribution in [-0.2, 0) is 13.0 Å². The first kappa shape index (κ1) is 20.9. The van der Waals surface area contributed by atoms with Gasteiger partial charge in [0.2, 0.25) is 0 Å². The molecule has 2 heterocycles. The number of nitrogens with zero attached hydrogens (tertiary/aromatic N) is 2. The maximum absolute atomic E-state index is 13.4. The van der Waals surface area contributed by atoms with Crippen LogP contribution in [0.2, 0.25) is 0 Å². The summed E-state index contributed by atoms with van der Waals surface area (Å²) in [5.41, 5.74) is 2.18. The van der Waals surface area contributed by atoms with Gasteiger partial charge in [0.05, 0.1) is 5.56 Å². The molecule has 3 aromatic rings. The molecule has 0 radical (unpaired) electrons. The van der Waals surface area contributed by atoms with Gasteiger partial charge in [0.25, 0.3) is 11.8 Å². The highest BCUT2D eigenvalue weighted by atomic mass is 19.1. The summed E-state index contributed by atoms with van der Waals surface area (Å²) in [6, 6.07) is 13.0. The molecule has 3 N–H and O–H groups in total. The number of carbonyl (C=O) groups is 2. The van der Waals surface area contributed by atoms with Gasteiger partial charge in [-0.15, -0.1) is 0 Å². The van der Waals surface area contributed by atoms with Gasteiger partial charge in [-0.3, -0.25) is 14.6 Å². The largest absolute Gasteiger partial charge is 0.369 e. The van der Waals surface area contributed by atoms with Crippen LogP contribution in [0.15, 0.2) is 60.9 Å². The minimum absolute atomic E-state index is 0.189. The Balaban J connectivity index is 1.73. The fourth-order valence-corrected chi connectivity index (χ4v) is 2.83. The lowest BCUT2D eigenvalue weighted by Crippen LogP contribution is -2.26. The van der Waals surface area contributed by atoms with Crippen molar-refractivity contribution in [2.24, 2.45) is 0 Å². The monoisotopic (exact) mass is 407 g/mol. The van der Waals surface area contributed by atoms with Crippen molar-refractivity contribution in [3.63, 3.8) is 0 Å². The van der Waals surface area contributed by atoms with Gasteiger partial charge in [0, 0.05) is 32.5 Å². The highest BCUT2D eigenvalue weighted by molar-refractivity contribution is 6.00. The summed E-state index contributed by atoms with van der Waals surface area (Å²) in [4.78, 5) is 33.0. The van der Waals surface area contributed by atoms with Crippen LogP contribution in [0.5, 0.6) is 0 Å². The van der Waals surface area contributed by atoms with Gasteiger partial charge in [-0.1, -0.05) is 18.2 Å². The lowest BCUT2D eigenvalue weighted by Gasteiger charge is -2.13. The Kier molecular flexibility index (Phi) is 7.05. The number of benzene rings is 1. The quantitative estimate of drug-likeness (QED) is 0.533. The third-order valence-corrected chi connectivity index (χ3v) is 4.37. The summed E-state index contributed by atoms with van der Waals surface area (Å²) in [6.07, 6.45) is 3.86. The predicted octanol–water partition coefficient (Wildman–Crippen LogP) is 2.56. The molecule has 2 amide bonds. The molecule has 0 atom stereocenters. The van der Waals surface area contributed by atoms with Crippen LogP contribution in [-0.4, -0.2) is 35.4 Å². The van der Waals surface area contributed by atoms with E-state index in [2.05, 4.69) is 25.9 Å². The summed E-state index contributed by atoms with van der Waals surface area (Å²) < 4.78 is 13.4. The maximum atomic E-state index is 13.4. The maximum Gasteiger partial charge on any atom is 0.269 e. The molecule has 0 aliphatic rings. The second-order valence-electron chi connectivity index (χ2n) is 6.52. The van der Waals surface area contributed by atoms with Crippen LogP contribution in [0.3, 0.4) is 0 Å². The molecular formula is C22H22FN5O2. The number of rotatable bonds is 8. The molecule has 1 aromatic carbocycles. The van der Waals surface area contributed by atoms with Crippen molar-refractivity contribution < 1.29 is 14.0 Å². The Morgan fingerprint density at radius 2 is 1.87 bits per heavy atom. The number of hydrogen-bond acceptors (Lipinski definition) is 5. The summed E-state index contributed by atoms with van der Waals surface area (Å²) in [5.74, 6) is -0.701. The summed E-state index contributed by atoms with van der Waals surface area (Å²) in [7, 11) is 1.51. The molecule has 3 rings (SSSR count). The van der Waals surface area contributed by atoms with Crippen molar-refractivity contribution in [2.45, 2.75) is 13.0 Å². The first-order valence-electron chi connectivity index (χ1n) is 9.45. The van der Waals surface area contributed by atoms with E-state index < -0.39 is 0 Å². The number of carbonyl (C=O) groups excluding carboxylic acids is 2. The van der Waals surface area contributed by atoms with Crippen LogP contribution in [0.4, 0.5) is 10.2 Å². The van der Waals surface area contributed by atoms with Gasteiger partial charge in [0.1, 0.15) is 17.3 Å². The number of nitrogens with one attached hydrogen (secondary N) is 3. The molecule has 0 saturated carbocycles. The predicted molar refractivity (Wildman–Crippen MR) is 112 cm³/mol. The van der Waals surface area contributed by atoms with Crippen molar-refractivity contribution in [1.82, 2.24) is 20.6 Å². The molecule has 2 aromatic heterocycles. The van der Waals surface area contributed by atoms with Crippen molar-refractivity contribution in [2.75, 3.05) is 18.9 Å². The topological polar surface area (TPSA) is 96.0 Å². The molecule has 30 heavy (non-hydrogen) atoms. The summed E-state index contributed by atoms with van der Waals surface area (Å²) >= 11 is 0. The zero-order valence-corrected chi connectivity index (χ0v) is 16.5. The fourth-order valence-electron chi connectivity index (χ4n) is 2.83. The first-order valence-corrected chi connectivity index (χ1v) is 9.45. The highest BCUT2D eigenvalue weighted by Crippen LogP contribution is 2.15.